The minimum atomic E-state index is -1.07. The molecule has 0 spiro atoms. The van der Waals surface area contributed by atoms with E-state index in [9.17, 15) is 45.6 Å². The summed E-state index contributed by atoms with van der Waals surface area (Å²) in [6.45, 7) is 5.58. The minimum Gasteiger partial charge on any atom is -0.508 e. The minimum absolute atomic E-state index is 0.0586. The van der Waals surface area contributed by atoms with Crippen molar-refractivity contribution >= 4 is 17.9 Å². The van der Waals surface area contributed by atoms with Crippen molar-refractivity contribution in [1.82, 2.24) is 0 Å². The van der Waals surface area contributed by atoms with Crippen LogP contribution in [0.4, 0.5) is 0 Å². The van der Waals surface area contributed by atoms with Gasteiger partial charge in [-0.2, -0.15) is 0 Å². The van der Waals surface area contributed by atoms with E-state index in [1.165, 1.54) is 60.7 Å². The molecule has 4 aromatic carbocycles. The highest BCUT2D eigenvalue weighted by Gasteiger charge is 2.43. The van der Waals surface area contributed by atoms with Crippen LogP contribution in [0.2, 0.25) is 0 Å². The van der Waals surface area contributed by atoms with Gasteiger partial charge in [0.1, 0.15) is 46.0 Å². The van der Waals surface area contributed by atoms with Crippen molar-refractivity contribution in [1.29, 1.82) is 0 Å². The van der Waals surface area contributed by atoms with Gasteiger partial charge in [-0.1, -0.05) is 41.5 Å². The summed E-state index contributed by atoms with van der Waals surface area (Å²) in [5.41, 5.74) is 3.06. The normalized spacial score (nSPS) is 17.6. The number of ketones is 1. The van der Waals surface area contributed by atoms with Gasteiger partial charge in [-0.05, 0) is 87.2 Å². The van der Waals surface area contributed by atoms with Crippen LogP contribution in [0.15, 0.2) is 84.0 Å². The Balaban J connectivity index is 1.65. The number of hydrogen-bond acceptors (Lipinski definition) is 9. The van der Waals surface area contributed by atoms with Crippen molar-refractivity contribution < 1.29 is 45.6 Å². The third kappa shape index (κ3) is 6.80. The van der Waals surface area contributed by atoms with Gasteiger partial charge in [0.2, 0.25) is 0 Å². The Morgan fingerprint density at radius 1 is 0.750 bits per heavy atom. The topological polar surface area (TPSA) is 179 Å². The molecule has 48 heavy (non-hydrogen) atoms. The highest BCUT2D eigenvalue weighted by Crippen LogP contribution is 2.53. The molecule has 0 radical (unpaired) electrons. The largest absolute Gasteiger partial charge is 0.508 e. The summed E-state index contributed by atoms with van der Waals surface area (Å²) < 4.78 is 0. The van der Waals surface area contributed by atoms with Gasteiger partial charge < -0.3 is 40.9 Å². The van der Waals surface area contributed by atoms with E-state index in [1.54, 1.807) is 18.2 Å². The van der Waals surface area contributed by atoms with E-state index >= 15 is 0 Å². The third-order valence-electron chi connectivity index (χ3n) is 8.74. The number of carbonyl (C=O) groups excluding carboxylic acids is 1. The van der Waals surface area contributed by atoms with Gasteiger partial charge >= 0.3 is 0 Å². The molecule has 9 heteroatoms. The van der Waals surface area contributed by atoms with E-state index in [2.05, 4.69) is 0 Å². The SMILES string of the molecule is CC(C)=CCc1c(O)ccc(C(=O)C2C(c3c(O)cc(C=Cc4ccc(O)cc4O)cc3O)C=C(C)CC2c2ccc(O)cc2O)c1O. The lowest BCUT2D eigenvalue weighted by atomic mass is 9.65. The zero-order chi connectivity index (χ0) is 34.9. The quantitative estimate of drug-likeness (QED) is 0.0538. The molecule has 0 aromatic heterocycles. The van der Waals surface area contributed by atoms with Crippen molar-refractivity contribution in [2.45, 2.75) is 45.4 Å². The van der Waals surface area contributed by atoms with Gasteiger partial charge in [0, 0.05) is 46.6 Å². The average molecular weight is 651 g/mol. The van der Waals surface area contributed by atoms with E-state index in [0.717, 1.165) is 11.1 Å². The number of rotatable bonds is 8. The van der Waals surface area contributed by atoms with Crippen molar-refractivity contribution in [3.8, 4) is 46.0 Å². The number of benzene rings is 4. The Bertz CT molecular complexity index is 1960. The van der Waals surface area contributed by atoms with Crippen LogP contribution in [0.25, 0.3) is 12.2 Å². The Morgan fingerprint density at radius 2 is 1.40 bits per heavy atom. The van der Waals surface area contributed by atoms with Crippen LogP contribution in [0.3, 0.4) is 0 Å². The maximum absolute atomic E-state index is 14.6. The first-order valence-electron chi connectivity index (χ1n) is 15.4. The monoisotopic (exact) mass is 650 g/mol. The number of hydrogen-bond donors (Lipinski definition) is 8. The van der Waals surface area contributed by atoms with Crippen molar-refractivity contribution in [3.05, 3.63) is 117 Å². The second kappa shape index (κ2) is 13.5. The molecule has 0 saturated carbocycles. The smallest absolute Gasteiger partial charge is 0.171 e. The molecule has 0 heterocycles. The molecule has 3 unspecified atom stereocenters. The number of aromatic hydroxyl groups is 8. The van der Waals surface area contributed by atoms with Gasteiger partial charge in [-0.15, -0.1) is 0 Å². The Kier molecular flexibility index (Phi) is 9.43. The molecule has 5 rings (SSSR count). The summed E-state index contributed by atoms with van der Waals surface area (Å²) in [6, 6.07) is 13.7. The maximum atomic E-state index is 14.6. The molecule has 1 aliphatic rings. The summed E-state index contributed by atoms with van der Waals surface area (Å²) in [5, 5.41) is 85.3. The molecule has 0 amide bonds. The summed E-state index contributed by atoms with van der Waals surface area (Å²) in [4.78, 5) is 14.6. The molecule has 248 valence electrons. The van der Waals surface area contributed by atoms with Gasteiger partial charge in [0.05, 0.1) is 5.56 Å². The molecule has 9 nitrogen and oxygen atoms in total. The first-order chi connectivity index (χ1) is 22.7. The molecular weight excluding hydrogens is 612 g/mol. The van der Waals surface area contributed by atoms with Crippen molar-refractivity contribution in [2.24, 2.45) is 5.92 Å². The predicted molar refractivity (Wildman–Crippen MR) is 183 cm³/mol. The van der Waals surface area contributed by atoms with E-state index in [1.807, 2.05) is 26.8 Å². The van der Waals surface area contributed by atoms with Crippen LogP contribution in [0.1, 0.15) is 77.2 Å². The van der Waals surface area contributed by atoms with Gasteiger partial charge in [-0.3, -0.25) is 4.79 Å². The molecule has 1 aliphatic carbocycles. The standard InChI is InChI=1S/C39H38O9/c1-20(2)4-10-27-31(42)13-12-28(38(27)47)39(48)36-29(26-11-9-25(41)19-33(26)44)14-21(3)15-30(36)37-34(45)16-22(17-35(37)46)5-6-23-7-8-24(40)18-32(23)43/h4-9,11-13,15-19,29-30,36,40-47H,10,14H2,1-3H3. The summed E-state index contributed by atoms with van der Waals surface area (Å²) >= 11 is 0. The number of phenolic OH excluding ortho intramolecular Hbond substituents is 8. The van der Waals surface area contributed by atoms with Crippen LogP contribution in [0.5, 0.6) is 46.0 Å². The maximum Gasteiger partial charge on any atom is 0.171 e. The number of allylic oxidation sites excluding steroid dienone is 4. The third-order valence-corrected chi connectivity index (χ3v) is 8.74. The molecular formula is C39H38O9. The van der Waals surface area contributed by atoms with E-state index in [0.29, 0.717) is 23.1 Å². The van der Waals surface area contributed by atoms with E-state index in [4.69, 9.17) is 0 Å². The van der Waals surface area contributed by atoms with Crippen molar-refractivity contribution in [2.75, 3.05) is 0 Å². The lowest BCUT2D eigenvalue weighted by molar-refractivity contribution is 0.0876. The molecule has 0 aliphatic heterocycles. The lowest BCUT2D eigenvalue weighted by Crippen LogP contribution is -2.31. The van der Waals surface area contributed by atoms with E-state index in [-0.39, 0.29) is 69.1 Å². The highest BCUT2D eigenvalue weighted by molar-refractivity contribution is 6.02. The molecule has 4 aromatic rings. The first-order valence-corrected chi connectivity index (χ1v) is 15.4. The molecule has 8 N–H and O–H groups in total. The Labute approximate surface area is 278 Å². The zero-order valence-corrected chi connectivity index (χ0v) is 26.7. The average Bonchev–Trinajstić information content (AvgIpc) is 2.99. The molecule has 0 fully saturated rings. The van der Waals surface area contributed by atoms with Crippen LogP contribution in [-0.4, -0.2) is 46.6 Å². The fourth-order valence-corrected chi connectivity index (χ4v) is 6.41. The zero-order valence-electron chi connectivity index (χ0n) is 26.7. The van der Waals surface area contributed by atoms with Crippen LogP contribution in [-0.2, 0) is 6.42 Å². The lowest BCUT2D eigenvalue weighted by Gasteiger charge is -2.37. The number of carbonyl (C=O) groups is 1. The van der Waals surface area contributed by atoms with Crippen molar-refractivity contribution in [3.63, 3.8) is 0 Å². The summed E-state index contributed by atoms with van der Waals surface area (Å²) in [7, 11) is 0. The first kappa shape index (κ1) is 33.5. The molecule has 0 bridgehead atoms. The summed E-state index contributed by atoms with van der Waals surface area (Å²) in [5.74, 6) is -5.11. The van der Waals surface area contributed by atoms with E-state index < -0.39 is 23.5 Å². The second-order valence-corrected chi connectivity index (χ2v) is 12.5. The summed E-state index contributed by atoms with van der Waals surface area (Å²) in [6.07, 6.45) is 7.17. The molecule has 0 saturated heterocycles. The Hall–Kier alpha value is -5.83. The Morgan fingerprint density at radius 3 is 2.02 bits per heavy atom. The number of Topliss-reactive ketones (excluding diaryl/α,β-unsaturated/α-hetero) is 1. The van der Waals surface area contributed by atoms with Crippen LogP contribution >= 0.6 is 0 Å². The van der Waals surface area contributed by atoms with Gasteiger partial charge in [0.15, 0.2) is 5.78 Å². The predicted octanol–water partition coefficient (Wildman–Crippen LogP) is 7.73. The fraction of sp³-hybridized carbons (Fsp3) is 0.205. The second-order valence-electron chi connectivity index (χ2n) is 12.5. The fourth-order valence-electron chi connectivity index (χ4n) is 6.41. The van der Waals surface area contributed by atoms with Gasteiger partial charge in [0.25, 0.3) is 0 Å². The van der Waals surface area contributed by atoms with Gasteiger partial charge in [-0.25, -0.2) is 0 Å². The highest BCUT2D eigenvalue weighted by atomic mass is 16.3. The molecule has 3 atom stereocenters. The van der Waals surface area contributed by atoms with Crippen LogP contribution < -0.4 is 0 Å². The number of phenols is 8. The van der Waals surface area contributed by atoms with Crippen LogP contribution in [0, 0.1) is 5.92 Å².